The maximum absolute atomic E-state index is 12.9. The minimum atomic E-state index is -1.37. The van der Waals surface area contributed by atoms with E-state index in [0.717, 1.165) is 32.1 Å². The van der Waals surface area contributed by atoms with Crippen LogP contribution in [0.4, 0.5) is 0 Å². The SMILES string of the molecule is CCCCCCCCCCCCCCCCCCCCCCc1ccc(C(=O)C(C)(O)CCCCCCC(C)(O)C=O)cc1. The summed E-state index contributed by atoms with van der Waals surface area (Å²) < 4.78 is 0. The Morgan fingerprint density at radius 3 is 1.34 bits per heavy atom. The first-order valence-corrected chi connectivity index (χ1v) is 18.8. The molecule has 1 rings (SSSR count). The van der Waals surface area contributed by atoms with E-state index in [1.165, 1.54) is 141 Å². The number of hydrogen-bond donors (Lipinski definition) is 2. The molecule has 2 atom stereocenters. The van der Waals surface area contributed by atoms with Crippen LogP contribution in [0.5, 0.6) is 0 Å². The van der Waals surface area contributed by atoms with E-state index in [1.807, 2.05) is 24.3 Å². The number of ketones is 1. The number of aryl methyl sites for hydroxylation is 1. The molecule has 2 unspecified atom stereocenters. The van der Waals surface area contributed by atoms with Gasteiger partial charge in [-0.1, -0.05) is 179 Å². The highest BCUT2D eigenvalue weighted by Gasteiger charge is 2.30. The number of Topliss-reactive ketones (excluding diaryl/α,β-unsaturated/α-hetero) is 1. The summed E-state index contributed by atoms with van der Waals surface area (Å²) in [7, 11) is 0. The van der Waals surface area contributed by atoms with E-state index in [-0.39, 0.29) is 5.78 Å². The van der Waals surface area contributed by atoms with Crippen molar-refractivity contribution in [3.8, 4) is 0 Å². The van der Waals surface area contributed by atoms with Gasteiger partial charge in [-0.05, 0) is 45.1 Å². The van der Waals surface area contributed by atoms with Crippen molar-refractivity contribution >= 4 is 12.1 Å². The van der Waals surface area contributed by atoms with E-state index in [2.05, 4.69) is 6.92 Å². The first kappa shape index (κ1) is 40.5. The van der Waals surface area contributed by atoms with Gasteiger partial charge in [-0.25, -0.2) is 0 Å². The van der Waals surface area contributed by atoms with Gasteiger partial charge >= 0.3 is 0 Å². The van der Waals surface area contributed by atoms with Gasteiger partial charge in [-0.3, -0.25) is 4.79 Å². The molecule has 0 aromatic heterocycles. The first-order chi connectivity index (χ1) is 21.2. The second-order valence-electron chi connectivity index (χ2n) is 14.2. The molecule has 0 radical (unpaired) electrons. The number of unbranched alkanes of at least 4 members (excludes halogenated alkanes) is 22. The molecule has 4 nitrogen and oxygen atoms in total. The van der Waals surface area contributed by atoms with Crippen LogP contribution in [0.2, 0.25) is 0 Å². The minimum absolute atomic E-state index is 0.216. The molecule has 0 saturated carbocycles. The third-order valence-corrected chi connectivity index (χ3v) is 9.37. The number of rotatable bonds is 31. The maximum Gasteiger partial charge on any atom is 0.194 e. The van der Waals surface area contributed by atoms with Crippen molar-refractivity contribution in [2.75, 3.05) is 0 Å². The van der Waals surface area contributed by atoms with Gasteiger partial charge in [0.15, 0.2) is 12.1 Å². The second kappa shape index (κ2) is 25.6. The normalized spacial score (nSPS) is 14.3. The summed E-state index contributed by atoms with van der Waals surface area (Å²) in [5, 5.41) is 20.5. The van der Waals surface area contributed by atoms with E-state index in [1.54, 1.807) is 6.92 Å². The van der Waals surface area contributed by atoms with Crippen molar-refractivity contribution in [2.45, 2.75) is 205 Å². The van der Waals surface area contributed by atoms with E-state index in [0.29, 0.717) is 24.7 Å². The first-order valence-electron chi connectivity index (χ1n) is 18.8. The summed E-state index contributed by atoms with van der Waals surface area (Å²) in [6, 6.07) is 7.81. The number of hydrogen-bond acceptors (Lipinski definition) is 4. The van der Waals surface area contributed by atoms with E-state index >= 15 is 0 Å². The van der Waals surface area contributed by atoms with Crippen molar-refractivity contribution in [3.05, 3.63) is 35.4 Å². The Balaban J connectivity index is 2.00. The van der Waals surface area contributed by atoms with Gasteiger partial charge in [0.2, 0.25) is 0 Å². The molecular weight excluding hydrogens is 544 g/mol. The Morgan fingerprint density at radius 1 is 0.568 bits per heavy atom. The molecule has 0 fully saturated rings. The molecular formula is C40H70O4. The molecule has 44 heavy (non-hydrogen) atoms. The monoisotopic (exact) mass is 615 g/mol. The lowest BCUT2D eigenvalue weighted by Gasteiger charge is -2.22. The van der Waals surface area contributed by atoms with Gasteiger partial charge in [-0.15, -0.1) is 0 Å². The predicted octanol–water partition coefficient (Wildman–Crippen LogP) is 11.3. The number of carbonyl (C=O) groups excluding carboxylic acids is 2. The lowest BCUT2D eigenvalue weighted by atomic mass is 9.88. The van der Waals surface area contributed by atoms with Crippen LogP contribution in [0.25, 0.3) is 0 Å². The largest absolute Gasteiger partial charge is 0.383 e. The molecule has 0 aliphatic heterocycles. The maximum atomic E-state index is 12.9. The number of benzene rings is 1. The summed E-state index contributed by atoms with van der Waals surface area (Å²) in [6.07, 6.45) is 33.6. The van der Waals surface area contributed by atoms with Crippen LogP contribution in [0.1, 0.15) is 204 Å². The summed E-state index contributed by atoms with van der Waals surface area (Å²) in [6.45, 7) is 5.42. The van der Waals surface area contributed by atoms with Crippen LogP contribution in [-0.2, 0) is 11.2 Å². The van der Waals surface area contributed by atoms with Gasteiger partial charge in [0.05, 0.1) is 0 Å². The molecule has 0 aliphatic rings. The summed E-state index contributed by atoms with van der Waals surface area (Å²) >= 11 is 0. The third kappa shape index (κ3) is 21.3. The molecule has 0 heterocycles. The zero-order valence-electron chi connectivity index (χ0n) is 29.2. The summed E-state index contributed by atoms with van der Waals surface area (Å²) in [5.41, 5.74) is -0.791. The Hall–Kier alpha value is -1.52. The Morgan fingerprint density at radius 2 is 0.932 bits per heavy atom. The van der Waals surface area contributed by atoms with Gasteiger partial charge in [0, 0.05) is 5.56 Å². The number of aldehydes is 1. The van der Waals surface area contributed by atoms with Gasteiger partial charge < -0.3 is 15.0 Å². The smallest absolute Gasteiger partial charge is 0.194 e. The van der Waals surface area contributed by atoms with Crippen LogP contribution in [0, 0.1) is 0 Å². The zero-order chi connectivity index (χ0) is 32.4. The van der Waals surface area contributed by atoms with E-state index < -0.39 is 11.2 Å². The van der Waals surface area contributed by atoms with Crippen LogP contribution in [0.3, 0.4) is 0 Å². The number of carbonyl (C=O) groups is 2. The molecule has 0 saturated heterocycles. The fraction of sp³-hybridized carbons (Fsp3) is 0.800. The summed E-state index contributed by atoms with van der Waals surface area (Å²) in [5.74, 6) is -0.216. The molecule has 4 heteroatoms. The Kier molecular flexibility index (Phi) is 23.6. The van der Waals surface area contributed by atoms with Gasteiger partial charge in [0.25, 0.3) is 0 Å². The molecule has 0 aliphatic carbocycles. The van der Waals surface area contributed by atoms with Crippen molar-refractivity contribution in [3.63, 3.8) is 0 Å². The molecule has 0 bridgehead atoms. The number of aliphatic hydroxyl groups is 2. The van der Waals surface area contributed by atoms with Crippen LogP contribution < -0.4 is 0 Å². The van der Waals surface area contributed by atoms with Crippen molar-refractivity contribution in [1.82, 2.24) is 0 Å². The van der Waals surface area contributed by atoms with Crippen molar-refractivity contribution in [1.29, 1.82) is 0 Å². The standard InChI is InChI=1S/C40H70O4/c1-4-5-6-7-8-9-10-11-12-13-14-15-16-17-18-19-20-21-22-25-28-36-29-31-37(32-30-36)38(42)40(3,44)34-27-24-23-26-33-39(2,43)35-41/h29-32,35,43-44H,4-28,33-34H2,1-3H3. The molecule has 1 aromatic carbocycles. The average Bonchev–Trinajstić information content (AvgIpc) is 3.01. The fourth-order valence-electron chi connectivity index (χ4n) is 6.20. The minimum Gasteiger partial charge on any atom is -0.383 e. The predicted molar refractivity (Wildman–Crippen MR) is 188 cm³/mol. The van der Waals surface area contributed by atoms with Crippen molar-refractivity contribution < 1.29 is 19.8 Å². The van der Waals surface area contributed by atoms with Gasteiger partial charge in [-0.2, -0.15) is 0 Å². The van der Waals surface area contributed by atoms with Gasteiger partial charge in [0.1, 0.15) is 11.2 Å². The molecule has 254 valence electrons. The Bertz CT molecular complexity index is 826. The highest BCUT2D eigenvalue weighted by atomic mass is 16.3. The highest BCUT2D eigenvalue weighted by molar-refractivity contribution is 6.02. The zero-order valence-corrected chi connectivity index (χ0v) is 29.2. The molecule has 0 spiro atoms. The summed E-state index contributed by atoms with van der Waals surface area (Å²) in [4.78, 5) is 23.7. The lowest BCUT2D eigenvalue weighted by molar-refractivity contribution is -0.123. The van der Waals surface area contributed by atoms with Crippen LogP contribution in [0.15, 0.2) is 24.3 Å². The Labute approximate surface area is 272 Å². The topological polar surface area (TPSA) is 74.6 Å². The molecule has 1 aromatic rings. The fourth-order valence-corrected chi connectivity index (χ4v) is 6.20. The molecule has 0 amide bonds. The highest BCUT2D eigenvalue weighted by Crippen LogP contribution is 2.23. The van der Waals surface area contributed by atoms with Crippen molar-refractivity contribution in [2.24, 2.45) is 0 Å². The van der Waals surface area contributed by atoms with E-state index in [4.69, 9.17) is 0 Å². The lowest BCUT2D eigenvalue weighted by Crippen LogP contribution is -2.35. The van der Waals surface area contributed by atoms with E-state index in [9.17, 15) is 19.8 Å². The quantitative estimate of drug-likeness (QED) is 0.0495. The third-order valence-electron chi connectivity index (χ3n) is 9.37. The molecule has 2 N–H and O–H groups in total. The average molecular weight is 615 g/mol. The van der Waals surface area contributed by atoms with Crippen LogP contribution in [-0.4, -0.2) is 33.5 Å². The second-order valence-corrected chi connectivity index (χ2v) is 14.2. The van der Waals surface area contributed by atoms with Crippen LogP contribution >= 0.6 is 0 Å².